The number of nitrogens with one attached hydrogen (secondary N) is 3. The Morgan fingerprint density at radius 3 is 2.26 bits per heavy atom. The highest BCUT2D eigenvalue weighted by Gasteiger charge is 2.17. The lowest BCUT2D eigenvalue weighted by Crippen LogP contribution is -2.25. The maximum atomic E-state index is 12.7. The van der Waals surface area contributed by atoms with E-state index < -0.39 is 21.9 Å². The molecule has 13 heteroatoms. The summed E-state index contributed by atoms with van der Waals surface area (Å²) >= 11 is 0. The number of hydrogen-bond acceptors (Lipinski definition) is 10. The van der Waals surface area contributed by atoms with E-state index in [9.17, 15) is 18.0 Å². The normalized spacial score (nSPS) is 11.3. The van der Waals surface area contributed by atoms with E-state index in [1.54, 1.807) is 0 Å². The van der Waals surface area contributed by atoms with Gasteiger partial charge in [0.15, 0.2) is 5.82 Å². The van der Waals surface area contributed by atoms with E-state index in [1.807, 2.05) is 0 Å². The highest BCUT2D eigenvalue weighted by atomic mass is 32.2. The monoisotopic (exact) mass is 451 g/mol. The number of anilines is 2. The molecule has 166 valence electrons. The van der Waals surface area contributed by atoms with Crippen molar-refractivity contribution in [3.63, 3.8) is 0 Å². The van der Waals surface area contributed by atoms with Gasteiger partial charge in [0.05, 0.1) is 32.3 Å². The fraction of sp³-hybridized carbons (Fsp3) is 0.222. The van der Waals surface area contributed by atoms with Crippen molar-refractivity contribution in [1.29, 1.82) is 0 Å². The van der Waals surface area contributed by atoms with E-state index in [1.165, 1.54) is 58.7 Å². The van der Waals surface area contributed by atoms with E-state index >= 15 is 0 Å². The number of ether oxygens (including phenoxy) is 3. The Bertz CT molecular complexity index is 1060. The van der Waals surface area contributed by atoms with Gasteiger partial charge in [0, 0.05) is 18.8 Å². The van der Waals surface area contributed by atoms with Crippen molar-refractivity contribution in [3.05, 3.63) is 42.1 Å². The van der Waals surface area contributed by atoms with E-state index in [2.05, 4.69) is 30.1 Å². The van der Waals surface area contributed by atoms with Gasteiger partial charge < -0.3 is 24.8 Å². The van der Waals surface area contributed by atoms with Crippen molar-refractivity contribution in [2.24, 2.45) is 0 Å². The number of esters is 1. The molecule has 0 bridgehead atoms. The second-order valence-corrected chi connectivity index (χ2v) is 7.38. The molecule has 2 rings (SSSR count). The van der Waals surface area contributed by atoms with Gasteiger partial charge in [0.25, 0.3) is 15.9 Å². The molecule has 0 saturated heterocycles. The van der Waals surface area contributed by atoms with E-state index in [-0.39, 0.29) is 28.3 Å². The molecule has 0 atom stereocenters. The zero-order chi connectivity index (χ0) is 23.0. The van der Waals surface area contributed by atoms with E-state index in [0.717, 1.165) is 6.08 Å². The smallest absolute Gasteiger partial charge is 0.332 e. The number of likely N-dealkylation sites (N-methyl/N-ethyl adjacent to an activating group) is 1. The molecule has 3 N–H and O–H groups in total. The Morgan fingerprint density at radius 2 is 1.71 bits per heavy atom. The topological polar surface area (TPSA) is 158 Å². The molecule has 0 unspecified atom stereocenters. The fourth-order valence-electron chi connectivity index (χ4n) is 2.19. The van der Waals surface area contributed by atoms with Gasteiger partial charge in [-0.1, -0.05) is 0 Å². The van der Waals surface area contributed by atoms with Gasteiger partial charge in [0.1, 0.15) is 5.70 Å². The first-order chi connectivity index (χ1) is 14.7. The zero-order valence-electron chi connectivity index (χ0n) is 17.1. The van der Waals surface area contributed by atoms with Gasteiger partial charge in [-0.3, -0.25) is 9.52 Å². The first-order valence-electron chi connectivity index (χ1n) is 8.61. The van der Waals surface area contributed by atoms with Crippen LogP contribution in [-0.4, -0.2) is 58.6 Å². The minimum atomic E-state index is -4.00. The summed E-state index contributed by atoms with van der Waals surface area (Å²) < 4.78 is 42.1. The predicted octanol–water partition coefficient (Wildman–Crippen LogP) is 0.509. The molecule has 31 heavy (non-hydrogen) atoms. The lowest BCUT2D eigenvalue weighted by molar-refractivity contribution is -0.135. The number of benzene rings is 1. The van der Waals surface area contributed by atoms with Crippen LogP contribution in [0, 0.1) is 0 Å². The third-order valence-electron chi connectivity index (χ3n) is 3.69. The maximum Gasteiger partial charge on any atom is 0.332 e. The Hall–Kier alpha value is -3.87. The van der Waals surface area contributed by atoms with Gasteiger partial charge in [0.2, 0.25) is 5.88 Å². The first-order valence-corrected chi connectivity index (χ1v) is 10.1. The summed E-state index contributed by atoms with van der Waals surface area (Å²) in [6.07, 6.45) is 0.973. The average molecular weight is 451 g/mol. The van der Waals surface area contributed by atoms with Crippen molar-refractivity contribution in [2.75, 3.05) is 38.4 Å². The standard InChI is InChI=1S/C18H21N5O7S/c1-19-17(25)13(9-16(24)29-3)20-11-5-7-12(8-6-11)31(26,27)23-14-10-15(28-2)22-18(21-14)30-4/h5-10,20H,1-4H3,(H,19,25)(H,21,22,23)/b13-9-. The lowest BCUT2D eigenvalue weighted by Gasteiger charge is -2.12. The van der Waals surface area contributed by atoms with Crippen LogP contribution in [0.3, 0.4) is 0 Å². The summed E-state index contributed by atoms with van der Waals surface area (Å²) in [7, 11) is 1.28. The third-order valence-corrected chi connectivity index (χ3v) is 5.06. The van der Waals surface area contributed by atoms with Crippen LogP contribution in [0.15, 0.2) is 47.0 Å². The second-order valence-electron chi connectivity index (χ2n) is 5.70. The molecule has 1 aromatic carbocycles. The lowest BCUT2D eigenvalue weighted by atomic mass is 10.3. The van der Waals surface area contributed by atoms with Crippen LogP contribution in [0.4, 0.5) is 11.5 Å². The van der Waals surface area contributed by atoms with Crippen molar-refractivity contribution in [3.8, 4) is 11.9 Å². The molecule has 12 nitrogen and oxygen atoms in total. The Labute approximate surface area is 178 Å². The molecule has 1 aromatic heterocycles. The van der Waals surface area contributed by atoms with E-state index in [4.69, 9.17) is 9.47 Å². The van der Waals surface area contributed by atoms with Gasteiger partial charge in [-0.25, -0.2) is 13.2 Å². The third kappa shape index (κ3) is 6.30. The van der Waals surface area contributed by atoms with Crippen molar-refractivity contribution in [2.45, 2.75) is 4.90 Å². The van der Waals surface area contributed by atoms with Crippen LogP contribution in [0.25, 0.3) is 0 Å². The number of carbonyl (C=O) groups excluding carboxylic acids is 2. The number of carbonyl (C=O) groups is 2. The fourth-order valence-corrected chi connectivity index (χ4v) is 3.18. The van der Waals surface area contributed by atoms with Gasteiger partial charge in [-0.15, -0.1) is 0 Å². The average Bonchev–Trinajstić information content (AvgIpc) is 2.77. The molecular weight excluding hydrogens is 430 g/mol. The van der Waals surface area contributed by atoms with Gasteiger partial charge >= 0.3 is 12.0 Å². The molecule has 0 radical (unpaired) electrons. The Morgan fingerprint density at radius 1 is 1.03 bits per heavy atom. The summed E-state index contributed by atoms with van der Waals surface area (Å²) in [6, 6.07) is 6.67. The van der Waals surface area contributed by atoms with Crippen LogP contribution >= 0.6 is 0 Å². The van der Waals surface area contributed by atoms with Crippen LogP contribution in [0.5, 0.6) is 11.9 Å². The van der Waals surface area contributed by atoms with Gasteiger partial charge in [-0.2, -0.15) is 9.97 Å². The minimum absolute atomic E-state index is 0.0474. The molecule has 0 aliphatic heterocycles. The largest absolute Gasteiger partial charge is 0.481 e. The number of hydrogen-bond donors (Lipinski definition) is 3. The summed E-state index contributed by atoms with van der Waals surface area (Å²) in [5.74, 6) is -1.22. The van der Waals surface area contributed by atoms with Crippen LogP contribution in [0.1, 0.15) is 0 Å². The summed E-state index contributed by atoms with van der Waals surface area (Å²) in [5.41, 5.74) is 0.284. The van der Waals surface area contributed by atoms with Crippen molar-refractivity contribution >= 4 is 33.4 Å². The van der Waals surface area contributed by atoms with Crippen LogP contribution in [0.2, 0.25) is 0 Å². The molecule has 1 heterocycles. The quantitative estimate of drug-likeness (QED) is 0.362. The highest BCUT2D eigenvalue weighted by molar-refractivity contribution is 7.92. The SMILES string of the molecule is CNC(=O)/C(=C/C(=O)OC)Nc1ccc(S(=O)(=O)Nc2cc(OC)nc(OC)n2)cc1. The summed E-state index contributed by atoms with van der Waals surface area (Å²) in [5, 5.41) is 5.11. The molecule has 0 aliphatic rings. The molecule has 1 amide bonds. The number of sulfonamides is 1. The second kappa shape index (κ2) is 10.2. The number of amides is 1. The van der Waals surface area contributed by atoms with Crippen LogP contribution in [-0.2, 0) is 24.3 Å². The number of nitrogens with zero attached hydrogens (tertiary/aromatic N) is 2. The molecule has 0 saturated carbocycles. The Balaban J connectivity index is 2.24. The van der Waals surface area contributed by atoms with Crippen molar-refractivity contribution < 1.29 is 32.2 Å². The van der Waals surface area contributed by atoms with Gasteiger partial charge in [-0.05, 0) is 24.3 Å². The minimum Gasteiger partial charge on any atom is -0.481 e. The number of rotatable bonds is 9. The predicted molar refractivity (Wildman–Crippen MR) is 110 cm³/mol. The Kier molecular flexibility index (Phi) is 7.74. The number of methoxy groups -OCH3 is 3. The summed E-state index contributed by atoms with van der Waals surface area (Å²) in [6.45, 7) is 0. The molecule has 0 spiro atoms. The van der Waals surface area contributed by atoms with Crippen LogP contribution < -0.4 is 24.8 Å². The summed E-state index contributed by atoms with van der Waals surface area (Å²) in [4.78, 5) is 31.1. The highest BCUT2D eigenvalue weighted by Crippen LogP contribution is 2.22. The molecule has 2 aromatic rings. The zero-order valence-corrected chi connectivity index (χ0v) is 17.9. The molecule has 0 aliphatic carbocycles. The number of aromatic nitrogens is 2. The maximum absolute atomic E-state index is 12.7. The molecule has 0 fully saturated rings. The van der Waals surface area contributed by atoms with E-state index in [0.29, 0.717) is 5.69 Å². The first kappa shape index (κ1) is 23.4. The molecular formula is C18H21N5O7S. The van der Waals surface area contributed by atoms with Crippen molar-refractivity contribution in [1.82, 2.24) is 15.3 Å².